The highest BCUT2D eigenvalue weighted by Crippen LogP contribution is 2.10. The van der Waals surface area contributed by atoms with Crippen molar-refractivity contribution in [2.45, 2.75) is 12.5 Å². The van der Waals surface area contributed by atoms with Gasteiger partial charge in [-0.05, 0) is 12.0 Å². The van der Waals surface area contributed by atoms with Crippen LogP contribution in [0.15, 0.2) is 30.3 Å². The molecule has 1 rings (SSSR count). The van der Waals surface area contributed by atoms with Gasteiger partial charge in [0.15, 0.2) is 0 Å². The summed E-state index contributed by atoms with van der Waals surface area (Å²) in [6.07, 6.45) is 0.462. The molecule has 1 atom stereocenters. The maximum Gasteiger partial charge on any atom is 0.321 e. The van der Waals surface area contributed by atoms with E-state index in [1.54, 1.807) is 0 Å². The lowest BCUT2D eigenvalue weighted by Crippen LogP contribution is -2.44. The molecule has 19 heavy (non-hydrogen) atoms. The molecule has 0 amide bonds. The van der Waals surface area contributed by atoms with E-state index in [1.165, 1.54) is 0 Å². The van der Waals surface area contributed by atoms with Crippen molar-refractivity contribution in [3.05, 3.63) is 35.9 Å². The number of carboxylic acid groups (broad SMARTS) is 1. The van der Waals surface area contributed by atoms with Gasteiger partial charge in [-0.2, -0.15) is 0 Å². The summed E-state index contributed by atoms with van der Waals surface area (Å²) in [5.74, 6) is -0.0423. The summed E-state index contributed by atoms with van der Waals surface area (Å²) in [6, 6.07) is 8.99. The lowest BCUT2D eigenvalue weighted by molar-refractivity contribution is -0.143. The van der Waals surface area contributed by atoms with Crippen LogP contribution in [0, 0.1) is 0 Å². The highest BCUT2D eigenvalue weighted by Gasteiger charge is 2.24. The highest BCUT2D eigenvalue weighted by atomic mass is 35.5. The van der Waals surface area contributed by atoms with Gasteiger partial charge in [0.2, 0.25) is 0 Å². The van der Waals surface area contributed by atoms with Gasteiger partial charge in [-0.3, -0.25) is 9.69 Å². The molecule has 0 fully saturated rings. The molecule has 0 aliphatic carbocycles. The van der Waals surface area contributed by atoms with Crippen LogP contribution in [0.2, 0.25) is 0 Å². The van der Waals surface area contributed by atoms with Crippen LogP contribution in [0.4, 0.5) is 0 Å². The Hall–Kier alpha value is -0.480. The maximum atomic E-state index is 11.4. The molecule has 0 aliphatic heterocycles. The summed E-state index contributed by atoms with van der Waals surface area (Å²) in [4.78, 5) is 13.2. The van der Waals surface area contributed by atoms with Crippen molar-refractivity contribution in [2.24, 2.45) is 0 Å². The fraction of sp³-hybridized carbons (Fsp3) is 0.462. The highest BCUT2D eigenvalue weighted by molar-refractivity contribution is 6.18. The zero-order valence-corrected chi connectivity index (χ0v) is 12.8. The quantitative estimate of drug-likeness (QED) is 0.747. The third kappa shape index (κ3) is 6.48. The Bertz CT molecular complexity index is 356. The largest absolute Gasteiger partial charge is 0.480 e. The fourth-order valence-electron chi connectivity index (χ4n) is 1.85. The zero-order valence-electron chi connectivity index (χ0n) is 10.5. The van der Waals surface area contributed by atoms with Gasteiger partial charge < -0.3 is 5.11 Å². The third-order valence-corrected chi connectivity index (χ3v) is 3.08. The average Bonchev–Trinajstić information content (AvgIpc) is 2.37. The van der Waals surface area contributed by atoms with E-state index in [4.69, 9.17) is 23.2 Å². The van der Waals surface area contributed by atoms with Gasteiger partial charge in [0, 0.05) is 24.8 Å². The molecule has 0 spiro atoms. The normalized spacial score (nSPS) is 11.9. The molecule has 1 N–H and O–H groups in total. The molecule has 0 aliphatic rings. The number of hydrogen-bond acceptors (Lipinski definition) is 2. The van der Waals surface area contributed by atoms with Crippen molar-refractivity contribution in [1.29, 1.82) is 0 Å². The predicted octanol–water partition coefficient (Wildman–Crippen LogP) is 2.88. The van der Waals surface area contributed by atoms with E-state index in [0.717, 1.165) is 5.56 Å². The minimum absolute atomic E-state index is 0. The van der Waals surface area contributed by atoms with Gasteiger partial charge >= 0.3 is 5.97 Å². The molecular formula is C13H18Cl3NO2. The van der Waals surface area contributed by atoms with Gasteiger partial charge in [0.1, 0.15) is 6.04 Å². The van der Waals surface area contributed by atoms with E-state index in [9.17, 15) is 9.90 Å². The van der Waals surface area contributed by atoms with Crippen molar-refractivity contribution in [1.82, 2.24) is 4.90 Å². The van der Waals surface area contributed by atoms with Crippen LogP contribution in [-0.4, -0.2) is 46.9 Å². The van der Waals surface area contributed by atoms with E-state index < -0.39 is 12.0 Å². The monoisotopic (exact) mass is 325 g/mol. The van der Waals surface area contributed by atoms with Crippen LogP contribution in [0.1, 0.15) is 5.56 Å². The van der Waals surface area contributed by atoms with Gasteiger partial charge in [0.25, 0.3) is 0 Å². The van der Waals surface area contributed by atoms with Crippen LogP contribution in [0.25, 0.3) is 0 Å². The zero-order chi connectivity index (χ0) is 13.4. The number of aliphatic carboxylic acids is 1. The van der Waals surface area contributed by atoms with Crippen molar-refractivity contribution in [3.63, 3.8) is 0 Å². The summed E-state index contributed by atoms with van der Waals surface area (Å²) < 4.78 is 0. The molecule has 0 heterocycles. The molecule has 3 nitrogen and oxygen atoms in total. The first-order chi connectivity index (χ1) is 8.69. The summed E-state index contributed by atoms with van der Waals surface area (Å²) >= 11 is 11.4. The second-order valence-corrected chi connectivity index (χ2v) is 4.71. The molecule has 0 aromatic heterocycles. The molecule has 108 valence electrons. The first-order valence-electron chi connectivity index (χ1n) is 5.81. The minimum Gasteiger partial charge on any atom is -0.480 e. The number of hydrogen-bond donors (Lipinski definition) is 1. The molecule has 0 saturated carbocycles. The maximum absolute atomic E-state index is 11.4. The van der Waals surface area contributed by atoms with Crippen LogP contribution in [0.3, 0.4) is 0 Å². The number of rotatable bonds is 8. The third-order valence-electron chi connectivity index (χ3n) is 2.74. The topological polar surface area (TPSA) is 40.5 Å². The molecule has 0 radical (unpaired) electrons. The number of halogens is 3. The van der Waals surface area contributed by atoms with Gasteiger partial charge in [-0.25, -0.2) is 0 Å². The Balaban J connectivity index is 0.00000324. The van der Waals surface area contributed by atoms with E-state index in [1.807, 2.05) is 35.2 Å². The Labute approximate surface area is 129 Å². The fourth-order valence-corrected chi connectivity index (χ4v) is 2.28. The number of nitrogens with zero attached hydrogens (tertiary/aromatic N) is 1. The second kappa shape index (κ2) is 10.3. The lowest BCUT2D eigenvalue weighted by atomic mass is 10.0. The Morgan fingerprint density at radius 2 is 1.68 bits per heavy atom. The van der Waals surface area contributed by atoms with E-state index in [0.29, 0.717) is 31.3 Å². The molecule has 1 aromatic rings. The van der Waals surface area contributed by atoms with Crippen LogP contribution in [0.5, 0.6) is 0 Å². The molecular weight excluding hydrogens is 309 g/mol. The van der Waals surface area contributed by atoms with E-state index >= 15 is 0 Å². The van der Waals surface area contributed by atoms with Crippen LogP contribution >= 0.6 is 35.6 Å². The number of carboxylic acids is 1. The van der Waals surface area contributed by atoms with E-state index in [2.05, 4.69) is 0 Å². The molecule has 0 saturated heterocycles. The van der Waals surface area contributed by atoms with Crippen molar-refractivity contribution in [3.8, 4) is 0 Å². The first-order valence-corrected chi connectivity index (χ1v) is 6.88. The smallest absolute Gasteiger partial charge is 0.321 e. The van der Waals surface area contributed by atoms with Crippen LogP contribution in [-0.2, 0) is 11.2 Å². The Morgan fingerprint density at radius 3 is 2.11 bits per heavy atom. The SMILES string of the molecule is Cl.O=C(O)[C@H](Cc1ccccc1)N(CCCl)CCCl. The number of benzene rings is 1. The summed E-state index contributed by atoms with van der Waals surface area (Å²) in [5, 5.41) is 9.33. The van der Waals surface area contributed by atoms with E-state index in [-0.39, 0.29) is 12.4 Å². The summed E-state index contributed by atoms with van der Waals surface area (Å²) in [7, 11) is 0. The average molecular weight is 327 g/mol. The standard InChI is InChI=1S/C13H17Cl2NO2.ClH/c14-6-8-16(9-7-15)12(13(17)18)10-11-4-2-1-3-5-11;/h1-5,12H,6-10H2,(H,17,18);1H/t12-;/m0./s1. The minimum atomic E-state index is -0.839. The molecule has 6 heteroatoms. The number of alkyl halides is 2. The Kier molecular flexibility index (Phi) is 10.1. The van der Waals surface area contributed by atoms with Gasteiger partial charge in [-0.15, -0.1) is 35.6 Å². The Morgan fingerprint density at radius 1 is 1.16 bits per heavy atom. The van der Waals surface area contributed by atoms with Crippen molar-refractivity contribution < 1.29 is 9.90 Å². The molecule has 1 aromatic carbocycles. The predicted molar refractivity (Wildman–Crippen MR) is 81.8 cm³/mol. The molecule has 0 bridgehead atoms. The summed E-state index contributed by atoms with van der Waals surface area (Å²) in [6.45, 7) is 1.05. The number of carbonyl (C=O) groups is 1. The second-order valence-electron chi connectivity index (χ2n) is 3.96. The first kappa shape index (κ1) is 18.5. The van der Waals surface area contributed by atoms with Gasteiger partial charge in [-0.1, -0.05) is 30.3 Å². The van der Waals surface area contributed by atoms with Crippen molar-refractivity contribution >= 4 is 41.6 Å². The lowest BCUT2D eigenvalue weighted by Gasteiger charge is -2.27. The van der Waals surface area contributed by atoms with Crippen LogP contribution < -0.4 is 0 Å². The van der Waals surface area contributed by atoms with Crippen molar-refractivity contribution in [2.75, 3.05) is 24.8 Å². The van der Waals surface area contributed by atoms with Gasteiger partial charge in [0.05, 0.1) is 0 Å². The molecule has 0 unspecified atom stereocenters. The summed E-state index contributed by atoms with van der Waals surface area (Å²) in [5.41, 5.74) is 0.999.